The first-order chi connectivity index (χ1) is 7.33. The molecule has 0 bridgehead atoms. The van der Waals surface area contributed by atoms with Crippen molar-refractivity contribution < 1.29 is 9.53 Å². The molecule has 0 saturated carbocycles. The largest absolute Gasteiger partial charge is 0.383 e. The molecule has 96 valence electrons. The third kappa shape index (κ3) is 5.44. The zero-order valence-corrected chi connectivity index (χ0v) is 11.0. The normalized spacial score (nSPS) is 13.9. The Morgan fingerprint density at radius 2 is 2.12 bits per heavy atom. The minimum Gasteiger partial charge on any atom is -0.383 e. The molecule has 0 rings (SSSR count). The molecule has 1 atom stereocenters. The van der Waals surface area contributed by atoms with E-state index in [2.05, 4.69) is 5.32 Å². The number of nitrogens with zero attached hydrogens (tertiary/aromatic N) is 1. The van der Waals surface area contributed by atoms with Crippen LogP contribution in [0.2, 0.25) is 0 Å². The summed E-state index contributed by atoms with van der Waals surface area (Å²) in [5.74, 6) is -0.00595. The van der Waals surface area contributed by atoms with E-state index in [1.807, 2.05) is 32.7 Å². The van der Waals surface area contributed by atoms with E-state index in [4.69, 9.17) is 10.5 Å². The van der Waals surface area contributed by atoms with E-state index in [1.54, 1.807) is 7.11 Å². The Kier molecular flexibility index (Phi) is 6.55. The topological polar surface area (TPSA) is 67.6 Å². The minimum atomic E-state index is -0.165. The van der Waals surface area contributed by atoms with Gasteiger partial charge in [-0.3, -0.25) is 9.69 Å². The predicted octanol–water partition coefficient (Wildman–Crippen LogP) is -0.193. The van der Waals surface area contributed by atoms with Gasteiger partial charge in [-0.1, -0.05) is 0 Å². The lowest BCUT2D eigenvalue weighted by Gasteiger charge is -2.34. The number of nitrogens with one attached hydrogen (secondary N) is 1. The van der Waals surface area contributed by atoms with E-state index < -0.39 is 0 Å². The van der Waals surface area contributed by atoms with E-state index in [0.717, 1.165) is 0 Å². The average Bonchev–Trinajstić information content (AvgIpc) is 2.17. The molecule has 5 nitrogen and oxygen atoms in total. The summed E-state index contributed by atoms with van der Waals surface area (Å²) in [7, 11) is 3.51. The number of ether oxygens (including phenoxy) is 1. The summed E-state index contributed by atoms with van der Waals surface area (Å²) in [6.07, 6.45) is 0. The highest BCUT2D eigenvalue weighted by molar-refractivity contribution is 5.78. The maximum absolute atomic E-state index is 11.7. The maximum Gasteiger partial charge on any atom is 0.234 e. The number of carbonyl (C=O) groups is 1. The Labute approximate surface area is 98.3 Å². The zero-order valence-electron chi connectivity index (χ0n) is 11.0. The molecule has 0 fully saturated rings. The highest BCUT2D eigenvalue weighted by atomic mass is 16.5. The number of nitrogens with two attached hydrogens (primary N) is 1. The van der Waals surface area contributed by atoms with Gasteiger partial charge in [0.1, 0.15) is 0 Å². The predicted molar refractivity (Wildman–Crippen MR) is 65.2 cm³/mol. The summed E-state index contributed by atoms with van der Waals surface area (Å²) >= 11 is 0. The van der Waals surface area contributed by atoms with Crippen LogP contribution in [0.1, 0.15) is 20.8 Å². The third-order valence-electron chi connectivity index (χ3n) is 2.74. The number of rotatable bonds is 7. The number of amides is 1. The van der Waals surface area contributed by atoms with E-state index in [9.17, 15) is 4.79 Å². The zero-order chi connectivity index (χ0) is 12.8. The van der Waals surface area contributed by atoms with Crippen LogP contribution in [0, 0.1) is 0 Å². The molecule has 0 saturated heterocycles. The molecule has 0 aliphatic heterocycles. The van der Waals surface area contributed by atoms with Gasteiger partial charge in [0, 0.05) is 25.2 Å². The maximum atomic E-state index is 11.7. The Bertz CT molecular complexity index is 219. The molecule has 5 heteroatoms. The number of hydrogen-bond acceptors (Lipinski definition) is 4. The Hall–Kier alpha value is -0.650. The van der Waals surface area contributed by atoms with Crippen molar-refractivity contribution in [2.45, 2.75) is 32.4 Å². The van der Waals surface area contributed by atoms with Crippen LogP contribution in [-0.2, 0) is 9.53 Å². The van der Waals surface area contributed by atoms with Crippen molar-refractivity contribution in [2.75, 3.05) is 33.9 Å². The molecule has 1 unspecified atom stereocenters. The van der Waals surface area contributed by atoms with Crippen LogP contribution in [-0.4, -0.2) is 56.2 Å². The lowest BCUT2D eigenvalue weighted by molar-refractivity contribution is -0.124. The molecule has 3 N–H and O–H groups in total. The van der Waals surface area contributed by atoms with Crippen LogP contribution in [0.3, 0.4) is 0 Å². The number of carbonyl (C=O) groups excluding carboxylic acids is 1. The van der Waals surface area contributed by atoms with Crippen molar-refractivity contribution in [2.24, 2.45) is 5.73 Å². The first-order valence-electron chi connectivity index (χ1n) is 5.53. The van der Waals surface area contributed by atoms with Gasteiger partial charge in [0.2, 0.25) is 5.91 Å². The molecule has 0 aliphatic rings. The van der Waals surface area contributed by atoms with Crippen LogP contribution >= 0.6 is 0 Å². The third-order valence-corrected chi connectivity index (χ3v) is 2.74. The molecule has 0 aromatic rings. The molecule has 0 aliphatic carbocycles. The fourth-order valence-corrected chi connectivity index (χ4v) is 1.20. The summed E-state index contributed by atoms with van der Waals surface area (Å²) in [6.45, 7) is 7.32. The first-order valence-corrected chi connectivity index (χ1v) is 5.53. The van der Waals surface area contributed by atoms with Crippen LogP contribution in [0.15, 0.2) is 0 Å². The van der Waals surface area contributed by atoms with Crippen LogP contribution in [0.4, 0.5) is 0 Å². The second kappa shape index (κ2) is 6.83. The SMILES string of the molecule is COCC(C)NC(=O)CN(C)C(C)(C)CN. The lowest BCUT2D eigenvalue weighted by Crippen LogP contribution is -2.51. The second-order valence-electron chi connectivity index (χ2n) is 4.80. The molecule has 0 heterocycles. The van der Waals surface area contributed by atoms with Gasteiger partial charge < -0.3 is 15.8 Å². The minimum absolute atomic E-state index is 0.00595. The van der Waals surface area contributed by atoms with Crippen molar-refractivity contribution in [1.29, 1.82) is 0 Å². The molecule has 0 aromatic heterocycles. The highest BCUT2D eigenvalue weighted by Crippen LogP contribution is 2.08. The summed E-state index contributed by atoms with van der Waals surface area (Å²) < 4.78 is 4.95. The molecular weight excluding hydrogens is 206 g/mol. The number of hydrogen-bond donors (Lipinski definition) is 2. The fraction of sp³-hybridized carbons (Fsp3) is 0.909. The quantitative estimate of drug-likeness (QED) is 0.637. The highest BCUT2D eigenvalue weighted by Gasteiger charge is 2.23. The van der Waals surface area contributed by atoms with Gasteiger partial charge in [0.15, 0.2) is 0 Å². The Morgan fingerprint density at radius 3 is 2.56 bits per heavy atom. The van der Waals surface area contributed by atoms with Crippen LogP contribution in [0.5, 0.6) is 0 Å². The van der Waals surface area contributed by atoms with Crippen molar-refractivity contribution >= 4 is 5.91 Å². The van der Waals surface area contributed by atoms with Crippen molar-refractivity contribution in [3.05, 3.63) is 0 Å². The molecular formula is C11H25N3O2. The number of likely N-dealkylation sites (N-methyl/N-ethyl adjacent to an activating group) is 1. The van der Waals surface area contributed by atoms with Gasteiger partial charge >= 0.3 is 0 Å². The average molecular weight is 231 g/mol. The Morgan fingerprint density at radius 1 is 1.56 bits per heavy atom. The first kappa shape index (κ1) is 15.3. The standard InChI is InChI=1S/C11H25N3O2/c1-9(7-16-5)13-10(15)6-14(4)11(2,3)8-12/h9H,6-8,12H2,1-5H3,(H,13,15). The monoisotopic (exact) mass is 231 g/mol. The van der Waals surface area contributed by atoms with Gasteiger partial charge in [0.25, 0.3) is 0 Å². The van der Waals surface area contributed by atoms with E-state index in [1.165, 1.54) is 0 Å². The second-order valence-corrected chi connectivity index (χ2v) is 4.80. The summed E-state index contributed by atoms with van der Waals surface area (Å²) in [4.78, 5) is 13.6. The molecule has 0 aromatic carbocycles. The fourth-order valence-electron chi connectivity index (χ4n) is 1.20. The molecule has 1 amide bonds. The van der Waals surface area contributed by atoms with E-state index >= 15 is 0 Å². The van der Waals surface area contributed by atoms with Gasteiger partial charge in [-0.25, -0.2) is 0 Å². The summed E-state index contributed by atoms with van der Waals surface area (Å²) in [5, 5.41) is 2.86. The van der Waals surface area contributed by atoms with Crippen LogP contribution in [0.25, 0.3) is 0 Å². The van der Waals surface area contributed by atoms with Gasteiger partial charge in [-0.15, -0.1) is 0 Å². The lowest BCUT2D eigenvalue weighted by atomic mass is 10.0. The van der Waals surface area contributed by atoms with Gasteiger partial charge in [-0.2, -0.15) is 0 Å². The smallest absolute Gasteiger partial charge is 0.234 e. The van der Waals surface area contributed by atoms with Crippen LogP contribution < -0.4 is 11.1 Å². The molecule has 16 heavy (non-hydrogen) atoms. The van der Waals surface area contributed by atoms with Crippen molar-refractivity contribution in [3.8, 4) is 0 Å². The summed E-state index contributed by atoms with van der Waals surface area (Å²) in [5.41, 5.74) is 5.47. The van der Waals surface area contributed by atoms with Gasteiger partial charge in [-0.05, 0) is 27.8 Å². The van der Waals surface area contributed by atoms with E-state index in [0.29, 0.717) is 19.7 Å². The van der Waals surface area contributed by atoms with Crippen molar-refractivity contribution in [3.63, 3.8) is 0 Å². The van der Waals surface area contributed by atoms with E-state index in [-0.39, 0.29) is 17.5 Å². The van der Waals surface area contributed by atoms with Gasteiger partial charge in [0.05, 0.1) is 13.2 Å². The molecule has 0 spiro atoms. The van der Waals surface area contributed by atoms with Crippen molar-refractivity contribution in [1.82, 2.24) is 10.2 Å². The molecule has 0 radical (unpaired) electrons. The number of methoxy groups -OCH3 is 1. The Balaban J connectivity index is 4.05. The summed E-state index contributed by atoms with van der Waals surface area (Å²) in [6, 6.07) is 0.0342.